The second-order valence-electron chi connectivity index (χ2n) is 2.74. The van der Waals surface area contributed by atoms with E-state index in [2.05, 4.69) is 13.8 Å². The molecule has 11 heavy (non-hydrogen) atoms. The maximum atomic E-state index is 10.7. The third kappa shape index (κ3) is 9.76. The Hall–Kier alpha value is -0.240. The fourth-order valence-electron chi connectivity index (χ4n) is 0.640. The molecule has 2 nitrogen and oxygen atoms in total. The molecule has 0 bridgehead atoms. The van der Waals surface area contributed by atoms with Crippen LogP contribution in [0.5, 0.6) is 0 Å². The fourth-order valence-corrected chi connectivity index (χ4v) is 0.640. The molecule has 0 unspecified atom stereocenters. The van der Waals surface area contributed by atoms with Crippen LogP contribution in [0.15, 0.2) is 0 Å². The first-order chi connectivity index (χ1) is 4.66. The molecule has 0 amide bonds. The third-order valence-corrected chi connectivity index (χ3v) is 1.23. The van der Waals surface area contributed by atoms with Crippen LogP contribution in [-0.2, 0) is 9.53 Å². The first-order valence-corrected chi connectivity index (χ1v) is 3.82. The molecule has 0 aromatic heterocycles. The molecule has 0 heterocycles. The summed E-state index contributed by atoms with van der Waals surface area (Å²) in [7, 11) is 0. The van der Waals surface area contributed by atoms with Crippen LogP contribution in [0, 0.1) is 5.92 Å². The molecule has 0 aromatic carbocycles. The number of hydrogen-bond donors (Lipinski definition) is 0. The van der Waals surface area contributed by atoms with Crippen LogP contribution >= 0.6 is 12.4 Å². The Kier molecular flexibility index (Phi) is 9.55. The van der Waals surface area contributed by atoms with E-state index in [1.54, 1.807) is 0 Å². The van der Waals surface area contributed by atoms with E-state index >= 15 is 0 Å². The molecular formula is C8H17ClO2. The Balaban J connectivity index is 0. The van der Waals surface area contributed by atoms with Crippen LogP contribution in [0.25, 0.3) is 0 Å². The van der Waals surface area contributed by atoms with Gasteiger partial charge in [0.15, 0.2) is 0 Å². The normalized spacial score (nSPS) is 9.09. The van der Waals surface area contributed by atoms with Crippen molar-refractivity contribution in [3.63, 3.8) is 0 Å². The van der Waals surface area contributed by atoms with E-state index in [-0.39, 0.29) is 18.4 Å². The van der Waals surface area contributed by atoms with Gasteiger partial charge in [-0.25, -0.2) is 0 Å². The zero-order chi connectivity index (χ0) is 7.98. The van der Waals surface area contributed by atoms with Crippen molar-refractivity contribution in [3.8, 4) is 0 Å². The van der Waals surface area contributed by atoms with Crippen molar-refractivity contribution >= 4 is 18.4 Å². The van der Waals surface area contributed by atoms with Gasteiger partial charge in [0.05, 0.1) is 6.61 Å². The molecule has 0 saturated heterocycles. The minimum absolute atomic E-state index is 0. The Labute approximate surface area is 74.7 Å². The van der Waals surface area contributed by atoms with Gasteiger partial charge in [-0.2, -0.15) is 0 Å². The molecule has 0 radical (unpaired) electrons. The van der Waals surface area contributed by atoms with Crippen LogP contribution in [0.3, 0.4) is 0 Å². The number of carbonyl (C=O) groups excluding carboxylic acids is 1. The Bertz CT molecular complexity index is 102. The van der Waals surface area contributed by atoms with Gasteiger partial charge in [0.25, 0.3) is 0 Å². The van der Waals surface area contributed by atoms with Crippen LogP contribution in [-0.4, -0.2) is 12.6 Å². The molecule has 0 atom stereocenters. The number of halogens is 1. The second-order valence-corrected chi connectivity index (χ2v) is 2.74. The highest BCUT2D eigenvalue weighted by molar-refractivity contribution is 5.85. The lowest BCUT2D eigenvalue weighted by Gasteiger charge is -2.03. The van der Waals surface area contributed by atoms with E-state index in [4.69, 9.17) is 4.74 Å². The molecule has 0 aliphatic rings. The van der Waals surface area contributed by atoms with Crippen molar-refractivity contribution in [1.29, 1.82) is 0 Å². The van der Waals surface area contributed by atoms with Crippen LogP contribution in [0.1, 0.15) is 33.6 Å². The maximum absolute atomic E-state index is 10.7. The maximum Gasteiger partial charge on any atom is 0.305 e. The van der Waals surface area contributed by atoms with Crippen molar-refractivity contribution < 1.29 is 9.53 Å². The van der Waals surface area contributed by atoms with E-state index in [1.807, 2.05) is 6.92 Å². The summed E-state index contributed by atoms with van der Waals surface area (Å²) in [5.41, 5.74) is 0. The molecule has 0 aliphatic carbocycles. The van der Waals surface area contributed by atoms with Crippen molar-refractivity contribution in [3.05, 3.63) is 0 Å². The summed E-state index contributed by atoms with van der Waals surface area (Å²) in [6.45, 7) is 6.52. The molecule has 0 spiro atoms. The summed E-state index contributed by atoms with van der Waals surface area (Å²) in [4.78, 5) is 10.7. The Morgan fingerprint density at radius 1 is 1.45 bits per heavy atom. The molecule has 3 heteroatoms. The standard InChI is InChI=1S/C8H16O2.ClH/c1-4-10-8(9)6-5-7(2)3;/h7H,4-6H2,1-3H3;1H. The number of rotatable bonds is 4. The largest absolute Gasteiger partial charge is 0.466 e. The molecular weight excluding hydrogens is 164 g/mol. The molecule has 0 fully saturated rings. The zero-order valence-corrected chi connectivity index (χ0v) is 8.24. The number of esters is 1. The predicted octanol–water partition coefficient (Wildman–Crippen LogP) is 2.41. The SMILES string of the molecule is CCOC(=O)CCC(C)C.Cl. The highest BCUT2D eigenvalue weighted by Gasteiger charge is 2.02. The van der Waals surface area contributed by atoms with Gasteiger partial charge in [0.2, 0.25) is 0 Å². The highest BCUT2D eigenvalue weighted by atomic mass is 35.5. The molecule has 0 aliphatic heterocycles. The van der Waals surface area contributed by atoms with Gasteiger partial charge in [-0.1, -0.05) is 13.8 Å². The minimum Gasteiger partial charge on any atom is -0.466 e. The molecule has 0 rings (SSSR count). The van der Waals surface area contributed by atoms with Crippen molar-refractivity contribution in [2.45, 2.75) is 33.6 Å². The van der Waals surface area contributed by atoms with E-state index in [1.165, 1.54) is 0 Å². The molecule has 0 saturated carbocycles. The van der Waals surface area contributed by atoms with Crippen LogP contribution in [0.2, 0.25) is 0 Å². The monoisotopic (exact) mass is 180 g/mol. The van der Waals surface area contributed by atoms with Gasteiger partial charge in [0.1, 0.15) is 0 Å². The van der Waals surface area contributed by atoms with E-state index < -0.39 is 0 Å². The minimum atomic E-state index is -0.0730. The van der Waals surface area contributed by atoms with Gasteiger partial charge in [-0.15, -0.1) is 12.4 Å². The van der Waals surface area contributed by atoms with Gasteiger partial charge in [-0.05, 0) is 19.3 Å². The second kappa shape index (κ2) is 7.86. The van der Waals surface area contributed by atoms with Crippen LogP contribution < -0.4 is 0 Å². The predicted molar refractivity (Wildman–Crippen MR) is 48.0 cm³/mol. The highest BCUT2D eigenvalue weighted by Crippen LogP contribution is 2.03. The fraction of sp³-hybridized carbons (Fsp3) is 0.875. The van der Waals surface area contributed by atoms with Crippen LogP contribution in [0.4, 0.5) is 0 Å². The first-order valence-electron chi connectivity index (χ1n) is 3.82. The van der Waals surface area contributed by atoms with Gasteiger partial charge >= 0.3 is 5.97 Å². The average molecular weight is 181 g/mol. The number of ether oxygens (including phenoxy) is 1. The molecule has 0 N–H and O–H groups in total. The first kappa shape index (κ1) is 13.4. The Morgan fingerprint density at radius 2 is 2.00 bits per heavy atom. The average Bonchev–Trinajstić information content (AvgIpc) is 1.85. The number of hydrogen-bond acceptors (Lipinski definition) is 2. The molecule has 0 aromatic rings. The van der Waals surface area contributed by atoms with E-state index in [0.29, 0.717) is 18.9 Å². The van der Waals surface area contributed by atoms with Crippen molar-refractivity contribution in [2.75, 3.05) is 6.61 Å². The van der Waals surface area contributed by atoms with Gasteiger partial charge < -0.3 is 4.74 Å². The lowest BCUT2D eigenvalue weighted by Crippen LogP contribution is -2.04. The smallest absolute Gasteiger partial charge is 0.305 e. The third-order valence-electron chi connectivity index (χ3n) is 1.23. The summed E-state index contributed by atoms with van der Waals surface area (Å²) in [5.74, 6) is 0.514. The van der Waals surface area contributed by atoms with E-state index in [9.17, 15) is 4.79 Å². The number of carbonyl (C=O) groups is 1. The summed E-state index contributed by atoms with van der Waals surface area (Å²) < 4.78 is 4.75. The summed E-state index contributed by atoms with van der Waals surface area (Å²) in [6.07, 6.45) is 1.49. The lowest BCUT2D eigenvalue weighted by atomic mass is 10.1. The Morgan fingerprint density at radius 3 is 2.36 bits per heavy atom. The topological polar surface area (TPSA) is 26.3 Å². The van der Waals surface area contributed by atoms with E-state index in [0.717, 1.165) is 6.42 Å². The quantitative estimate of drug-likeness (QED) is 0.622. The summed E-state index contributed by atoms with van der Waals surface area (Å²) in [5, 5.41) is 0. The summed E-state index contributed by atoms with van der Waals surface area (Å²) in [6, 6.07) is 0. The molecule has 68 valence electrons. The lowest BCUT2D eigenvalue weighted by molar-refractivity contribution is -0.143. The van der Waals surface area contributed by atoms with Gasteiger partial charge in [-0.3, -0.25) is 4.79 Å². The zero-order valence-electron chi connectivity index (χ0n) is 7.42. The summed E-state index contributed by atoms with van der Waals surface area (Å²) >= 11 is 0. The van der Waals surface area contributed by atoms with Gasteiger partial charge in [0, 0.05) is 6.42 Å². The van der Waals surface area contributed by atoms with Crippen molar-refractivity contribution in [2.24, 2.45) is 5.92 Å². The van der Waals surface area contributed by atoms with Crippen molar-refractivity contribution in [1.82, 2.24) is 0 Å².